The number of guanidine groups is 1. The number of aromatic nitrogens is 1. The van der Waals surface area contributed by atoms with Gasteiger partial charge in [0, 0.05) is 11.4 Å². The molecule has 27 heavy (non-hydrogen) atoms. The fourth-order valence-corrected chi connectivity index (χ4v) is 3.07. The number of aliphatic imine (C=N–C) groups is 1. The first-order chi connectivity index (χ1) is 12.0. The van der Waals surface area contributed by atoms with Gasteiger partial charge in [0.1, 0.15) is 0 Å². The summed E-state index contributed by atoms with van der Waals surface area (Å²) in [7, 11) is 1.77. The van der Waals surface area contributed by atoms with Crippen molar-refractivity contribution in [1.29, 1.82) is 0 Å². The first-order valence-corrected chi connectivity index (χ1v) is 9.01. The maximum Gasteiger partial charge on any atom is 2.00 e. The van der Waals surface area contributed by atoms with Gasteiger partial charge in [0.05, 0.1) is 14.9 Å². The maximum atomic E-state index is 10.7. The second-order valence-electron chi connectivity index (χ2n) is 5.39. The Kier molecular flexibility index (Phi) is 8.62. The Bertz CT molecular complexity index is 802. The first kappa shape index (κ1) is 24.2. The topological polar surface area (TPSA) is 68.6 Å². The number of pyridine rings is 1. The number of thiophene rings is 1. The summed E-state index contributed by atoms with van der Waals surface area (Å²) in [5, 5.41) is 1.57. The second-order valence-corrected chi connectivity index (χ2v) is 7.39. The quantitative estimate of drug-likeness (QED) is 0.520. The summed E-state index contributed by atoms with van der Waals surface area (Å²) in [6.45, 7) is 1.89. The van der Waals surface area contributed by atoms with Crippen LogP contribution in [0.5, 0.6) is 0 Å². The normalized spacial score (nSPS) is 19.1. The third-order valence-corrected chi connectivity index (χ3v) is 4.81. The molecule has 5 nitrogen and oxygen atoms in total. The Morgan fingerprint density at radius 1 is 1.33 bits per heavy atom. The van der Waals surface area contributed by atoms with Gasteiger partial charge in [0.25, 0.3) is 0 Å². The molecular formula is C15H15ClF3N5S2W. The maximum absolute atomic E-state index is 10.7. The van der Waals surface area contributed by atoms with Crippen LogP contribution in [0.25, 0.3) is 16.0 Å². The van der Waals surface area contributed by atoms with Crippen molar-refractivity contribution in [2.75, 3.05) is 12.8 Å². The Balaban J connectivity index is 0.000000456. The minimum atomic E-state index is -4.14. The number of hydrogen-bond donors (Lipinski definition) is 1. The van der Waals surface area contributed by atoms with E-state index in [0.29, 0.717) is 5.96 Å². The number of rotatable bonds is 2. The van der Waals surface area contributed by atoms with Crippen molar-refractivity contribution in [1.82, 2.24) is 9.99 Å². The summed E-state index contributed by atoms with van der Waals surface area (Å²) in [4.78, 5) is 10.0. The van der Waals surface area contributed by atoms with E-state index in [1.54, 1.807) is 12.1 Å². The van der Waals surface area contributed by atoms with E-state index < -0.39 is 17.6 Å². The molecule has 1 aliphatic heterocycles. The van der Waals surface area contributed by atoms with Gasteiger partial charge in [-0.1, -0.05) is 30.3 Å². The Morgan fingerprint density at radius 3 is 2.41 bits per heavy atom. The van der Waals surface area contributed by atoms with E-state index in [1.165, 1.54) is 11.3 Å². The zero-order chi connectivity index (χ0) is 19.5. The van der Waals surface area contributed by atoms with Crippen LogP contribution in [0.1, 0.15) is 12.6 Å². The predicted molar refractivity (Wildman–Crippen MR) is 101 cm³/mol. The Labute approximate surface area is 183 Å². The molecule has 1 atom stereocenters. The summed E-state index contributed by atoms with van der Waals surface area (Å²) in [5.41, 5.74) is 11.1. The van der Waals surface area contributed by atoms with Crippen LogP contribution >= 0.6 is 22.9 Å². The van der Waals surface area contributed by atoms with Gasteiger partial charge in [0.15, 0.2) is 5.96 Å². The SMILES string of the molecule is CN1[N-][C@@](C)(c2cccc(-c3ccc(Cl)s3)n2)N=C1N.FC(F)(F)C[S-].[W+2]. The van der Waals surface area contributed by atoms with Gasteiger partial charge in [-0.3, -0.25) is 9.98 Å². The summed E-state index contributed by atoms with van der Waals surface area (Å²) >= 11 is 11.1. The minimum Gasteiger partial charge on any atom is -0.784 e. The molecule has 0 fully saturated rings. The molecule has 1 aliphatic rings. The molecule has 0 radical (unpaired) electrons. The molecule has 12 heteroatoms. The van der Waals surface area contributed by atoms with Crippen molar-refractivity contribution in [2.24, 2.45) is 10.7 Å². The van der Waals surface area contributed by atoms with Gasteiger partial charge >= 0.3 is 27.2 Å². The van der Waals surface area contributed by atoms with Crippen molar-refractivity contribution in [3.63, 3.8) is 0 Å². The van der Waals surface area contributed by atoms with E-state index in [0.717, 1.165) is 20.6 Å². The Morgan fingerprint density at radius 2 is 1.96 bits per heavy atom. The second kappa shape index (κ2) is 9.60. The molecule has 2 N–H and O–H groups in total. The predicted octanol–water partition coefficient (Wildman–Crippen LogP) is 4.28. The van der Waals surface area contributed by atoms with Crippen molar-refractivity contribution in [2.45, 2.75) is 18.8 Å². The molecule has 0 aliphatic carbocycles. The molecule has 146 valence electrons. The summed E-state index contributed by atoms with van der Waals surface area (Å²) in [6.07, 6.45) is -4.14. The largest absolute Gasteiger partial charge is 2.00 e. The average molecular weight is 606 g/mol. The van der Waals surface area contributed by atoms with Gasteiger partial charge in [-0.15, -0.1) is 11.3 Å². The van der Waals surface area contributed by atoms with Gasteiger partial charge in [0.2, 0.25) is 0 Å². The van der Waals surface area contributed by atoms with E-state index in [2.05, 4.69) is 28.0 Å². The molecule has 0 saturated carbocycles. The molecular weight excluding hydrogens is 591 g/mol. The number of hydrogen-bond acceptors (Lipinski definition) is 6. The fourth-order valence-electron chi connectivity index (χ4n) is 2.06. The molecule has 2 aromatic rings. The summed E-state index contributed by atoms with van der Waals surface area (Å²) in [5.74, 6) is -0.758. The number of nitrogens with zero attached hydrogens (tertiary/aromatic N) is 4. The summed E-state index contributed by atoms with van der Waals surface area (Å²) in [6, 6.07) is 9.60. The molecule has 0 spiro atoms. The number of nitrogens with two attached hydrogens (primary N) is 1. The van der Waals surface area contributed by atoms with Crippen LogP contribution in [0.2, 0.25) is 4.34 Å². The van der Waals surface area contributed by atoms with Crippen LogP contribution in [0.3, 0.4) is 0 Å². The van der Waals surface area contributed by atoms with E-state index in [-0.39, 0.29) is 21.1 Å². The van der Waals surface area contributed by atoms with E-state index in [9.17, 15) is 13.2 Å². The van der Waals surface area contributed by atoms with Crippen LogP contribution in [-0.4, -0.2) is 34.9 Å². The van der Waals surface area contributed by atoms with E-state index in [1.807, 2.05) is 37.3 Å². The van der Waals surface area contributed by atoms with E-state index in [4.69, 9.17) is 17.3 Å². The molecule has 0 saturated heterocycles. The van der Waals surface area contributed by atoms with Gasteiger partial charge in [-0.2, -0.15) is 13.2 Å². The average Bonchev–Trinajstić information content (AvgIpc) is 3.12. The molecule has 0 bridgehead atoms. The van der Waals surface area contributed by atoms with Crippen LogP contribution < -0.4 is 5.73 Å². The zero-order valence-corrected chi connectivity index (χ0v) is 19.5. The molecule has 0 amide bonds. The standard InChI is InChI=1S/C13H13ClN5S.C2H3F3S.W/c1-13(17-12(15)19(2)18-13)10-5-3-4-8(16-10)9-6-7-11(14)20-9;3-2(4,5)1-6;/h3-7H,1-2H3,(H2,15,17);6H,1H2;/q-1;;+2/p-1/t13-;;/m0../s1. The van der Waals surface area contributed by atoms with Crippen LogP contribution in [0.4, 0.5) is 13.2 Å². The first-order valence-electron chi connectivity index (χ1n) is 7.24. The van der Waals surface area contributed by atoms with Gasteiger partial charge in [-0.05, 0) is 31.3 Å². The van der Waals surface area contributed by atoms with Crippen LogP contribution in [0, 0.1) is 0 Å². The zero-order valence-electron chi connectivity index (χ0n) is 14.2. The third-order valence-electron chi connectivity index (χ3n) is 3.23. The molecule has 3 rings (SSSR count). The monoisotopic (exact) mass is 605 g/mol. The molecule has 3 heterocycles. The van der Waals surface area contributed by atoms with Crippen LogP contribution in [-0.2, 0) is 39.4 Å². The molecule has 2 aromatic heterocycles. The summed E-state index contributed by atoms with van der Waals surface area (Å²) < 4.78 is 32.8. The van der Waals surface area contributed by atoms with Crippen molar-refractivity contribution in [3.8, 4) is 10.6 Å². The third kappa shape index (κ3) is 6.64. The molecule has 0 aromatic carbocycles. The number of alkyl halides is 3. The molecule has 0 unspecified atom stereocenters. The van der Waals surface area contributed by atoms with Crippen molar-refractivity contribution >= 4 is 41.5 Å². The van der Waals surface area contributed by atoms with Crippen molar-refractivity contribution < 1.29 is 34.2 Å². The Hall–Kier alpha value is -0.802. The smallest absolute Gasteiger partial charge is 0.784 e. The van der Waals surface area contributed by atoms with Gasteiger partial charge in [-0.25, -0.2) is 0 Å². The van der Waals surface area contributed by atoms with E-state index >= 15 is 0 Å². The van der Waals surface area contributed by atoms with Gasteiger partial charge < -0.3 is 28.8 Å². The number of halogens is 4. The minimum absolute atomic E-state index is 0. The fraction of sp³-hybridized carbons (Fsp3) is 0.333. The van der Waals surface area contributed by atoms with Crippen molar-refractivity contribution in [3.05, 3.63) is 45.8 Å². The van der Waals surface area contributed by atoms with Crippen LogP contribution in [0.15, 0.2) is 35.3 Å².